The minimum atomic E-state index is -0.738. The fraction of sp³-hybridized carbons (Fsp3) is 0.0909. The van der Waals surface area contributed by atoms with Crippen molar-refractivity contribution in [2.75, 3.05) is 5.33 Å². The van der Waals surface area contributed by atoms with Crippen molar-refractivity contribution >= 4 is 32.7 Å². The Bertz CT molecular complexity index is 615. The van der Waals surface area contributed by atoms with Crippen LogP contribution < -0.4 is 5.63 Å². The number of benzene rings is 1. The van der Waals surface area contributed by atoms with Gasteiger partial charge in [0, 0.05) is 5.39 Å². The van der Waals surface area contributed by atoms with Crippen molar-refractivity contribution in [1.29, 1.82) is 0 Å². The highest BCUT2D eigenvalue weighted by atomic mass is 79.9. The molecule has 0 bridgehead atoms. The van der Waals surface area contributed by atoms with E-state index in [2.05, 4.69) is 15.9 Å². The van der Waals surface area contributed by atoms with Crippen LogP contribution in [-0.4, -0.2) is 16.2 Å². The van der Waals surface area contributed by atoms with Crippen LogP contribution in [0.15, 0.2) is 33.5 Å². The summed E-state index contributed by atoms with van der Waals surface area (Å²) < 4.78 is 4.90. The quantitative estimate of drug-likeness (QED) is 0.520. The van der Waals surface area contributed by atoms with Gasteiger partial charge in [-0.25, -0.2) is 4.79 Å². The lowest BCUT2D eigenvalue weighted by molar-refractivity contribution is 0.102. The van der Waals surface area contributed by atoms with Gasteiger partial charge in [0.15, 0.2) is 17.1 Å². The lowest BCUT2D eigenvalue weighted by Crippen LogP contribution is -2.14. The predicted octanol–water partition coefficient (Wildman–Crippen LogP) is 2.08. The molecule has 4 nitrogen and oxygen atoms in total. The largest absolute Gasteiger partial charge is 0.504 e. The molecule has 0 aliphatic heterocycles. The molecule has 1 heterocycles. The molecule has 82 valence electrons. The SMILES string of the molecule is O=C(CBr)c1cc2cccc(O)c2oc1=O. The molecule has 0 aliphatic carbocycles. The Balaban J connectivity index is 2.78. The number of phenolic OH excluding ortho intramolecular Hbond substituents is 1. The smallest absolute Gasteiger partial charge is 0.347 e. The Labute approximate surface area is 98.6 Å². The average Bonchev–Trinajstić information content (AvgIpc) is 2.29. The zero-order valence-corrected chi connectivity index (χ0v) is 9.65. The molecule has 0 amide bonds. The zero-order chi connectivity index (χ0) is 11.7. The van der Waals surface area contributed by atoms with Gasteiger partial charge in [0.25, 0.3) is 0 Å². The van der Waals surface area contributed by atoms with Gasteiger partial charge in [-0.3, -0.25) is 4.79 Å². The Morgan fingerprint density at radius 2 is 2.19 bits per heavy atom. The second-order valence-corrected chi connectivity index (χ2v) is 3.76. The third-order valence-electron chi connectivity index (χ3n) is 2.16. The highest BCUT2D eigenvalue weighted by molar-refractivity contribution is 9.09. The van der Waals surface area contributed by atoms with E-state index in [0.717, 1.165) is 0 Å². The average molecular weight is 283 g/mol. The Hall–Kier alpha value is -1.62. The van der Waals surface area contributed by atoms with Gasteiger partial charge >= 0.3 is 5.63 Å². The summed E-state index contributed by atoms with van der Waals surface area (Å²) in [4.78, 5) is 22.9. The molecule has 1 N–H and O–H groups in total. The Morgan fingerprint density at radius 3 is 2.88 bits per heavy atom. The van der Waals surface area contributed by atoms with Gasteiger partial charge in [0.2, 0.25) is 0 Å². The summed E-state index contributed by atoms with van der Waals surface area (Å²) in [5.41, 5.74) is -0.660. The Kier molecular flexibility index (Phi) is 2.78. The molecule has 0 fully saturated rings. The second kappa shape index (κ2) is 4.09. The number of ketones is 1. The van der Waals surface area contributed by atoms with Crippen LogP contribution in [0.4, 0.5) is 0 Å². The van der Waals surface area contributed by atoms with Crippen LogP contribution in [0.1, 0.15) is 10.4 Å². The maximum absolute atomic E-state index is 11.5. The summed E-state index contributed by atoms with van der Waals surface area (Å²) in [6, 6.07) is 6.10. The molecule has 5 heteroatoms. The molecule has 0 atom stereocenters. The van der Waals surface area contributed by atoms with E-state index in [9.17, 15) is 14.7 Å². The number of phenols is 1. The topological polar surface area (TPSA) is 67.5 Å². The number of halogens is 1. The first kappa shape index (κ1) is 10.9. The van der Waals surface area contributed by atoms with E-state index in [-0.39, 0.29) is 28.0 Å². The molecule has 0 radical (unpaired) electrons. The van der Waals surface area contributed by atoms with Crippen molar-refractivity contribution in [3.05, 3.63) is 40.2 Å². The van der Waals surface area contributed by atoms with Crippen molar-refractivity contribution < 1.29 is 14.3 Å². The second-order valence-electron chi connectivity index (χ2n) is 3.20. The van der Waals surface area contributed by atoms with E-state index in [1.165, 1.54) is 12.1 Å². The number of hydrogen-bond donors (Lipinski definition) is 1. The standard InChI is InChI=1S/C11H7BrO4/c12-5-9(14)7-4-6-2-1-3-8(13)10(6)16-11(7)15/h1-4,13H,5H2. The van der Waals surface area contributed by atoms with Gasteiger partial charge in [-0.05, 0) is 12.1 Å². The van der Waals surface area contributed by atoms with Gasteiger partial charge in [0.05, 0.1) is 5.33 Å². The molecule has 0 spiro atoms. The number of carbonyl (C=O) groups excluding carboxylic acids is 1. The molecule has 2 aromatic rings. The molecule has 0 unspecified atom stereocenters. The number of aromatic hydroxyl groups is 1. The number of fused-ring (bicyclic) bond motifs is 1. The molecular weight excluding hydrogens is 276 g/mol. The van der Waals surface area contributed by atoms with Crippen LogP contribution in [0.25, 0.3) is 11.0 Å². The molecule has 0 aliphatic rings. The lowest BCUT2D eigenvalue weighted by Gasteiger charge is -2.01. The van der Waals surface area contributed by atoms with E-state index in [1.54, 1.807) is 12.1 Å². The van der Waals surface area contributed by atoms with Gasteiger partial charge in [0.1, 0.15) is 5.56 Å². The van der Waals surface area contributed by atoms with E-state index in [4.69, 9.17) is 4.42 Å². The van der Waals surface area contributed by atoms with Crippen LogP contribution in [0.3, 0.4) is 0 Å². The number of alkyl halides is 1. The first-order chi connectivity index (χ1) is 7.63. The monoisotopic (exact) mass is 282 g/mol. The van der Waals surface area contributed by atoms with Crippen molar-refractivity contribution in [2.24, 2.45) is 0 Å². The minimum Gasteiger partial charge on any atom is -0.504 e. The fourth-order valence-electron chi connectivity index (χ4n) is 1.40. The van der Waals surface area contributed by atoms with Crippen LogP contribution in [0.5, 0.6) is 5.75 Å². The summed E-state index contributed by atoms with van der Waals surface area (Å²) in [7, 11) is 0. The maximum Gasteiger partial charge on any atom is 0.347 e. The number of carbonyl (C=O) groups is 1. The van der Waals surface area contributed by atoms with Crippen molar-refractivity contribution in [1.82, 2.24) is 0 Å². The Morgan fingerprint density at radius 1 is 1.44 bits per heavy atom. The van der Waals surface area contributed by atoms with Crippen LogP contribution in [-0.2, 0) is 0 Å². The van der Waals surface area contributed by atoms with Crippen LogP contribution in [0.2, 0.25) is 0 Å². The van der Waals surface area contributed by atoms with Gasteiger partial charge in [-0.2, -0.15) is 0 Å². The predicted molar refractivity (Wildman–Crippen MR) is 62.3 cm³/mol. The normalized spacial score (nSPS) is 10.6. The molecule has 1 aromatic carbocycles. The van der Waals surface area contributed by atoms with Crippen LogP contribution >= 0.6 is 15.9 Å². The summed E-state index contributed by atoms with van der Waals surface area (Å²) in [6.07, 6.45) is 0. The summed E-state index contributed by atoms with van der Waals surface area (Å²) in [5.74, 6) is -0.466. The van der Waals surface area contributed by atoms with Crippen LogP contribution in [0, 0.1) is 0 Å². The molecular formula is C11H7BrO4. The maximum atomic E-state index is 11.5. The molecule has 0 saturated carbocycles. The zero-order valence-electron chi connectivity index (χ0n) is 8.07. The first-order valence-corrected chi connectivity index (χ1v) is 5.60. The summed E-state index contributed by atoms with van der Waals surface area (Å²) >= 11 is 2.98. The molecule has 16 heavy (non-hydrogen) atoms. The highest BCUT2D eigenvalue weighted by Gasteiger charge is 2.13. The van der Waals surface area contributed by atoms with Crippen molar-refractivity contribution in [3.8, 4) is 5.75 Å². The summed E-state index contributed by atoms with van der Waals surface area (Å²) in [6.45, 7) is 0. The third kappa shape index (κ3) is 1.74. The van der Waals surface area contributed by atoms with Crippen molar-refractivity contribution in [3.63, 3.8) is 0 Å². The fourth-order valence-corrected chi connectivity index (χ4v) is 1.70. The number of rotatable bonds is 2. The van der Waals surface area contributed by atoms with Gasteiger partial charge in [-0.15, -0.1) is 0 Å². The number of hydrogen-bond acceptors (Lipinski definition) is 4. The molecule has 0 saturated heterocycles. The van der Waals surface area contributed by atoms with Gasteiger partial charge < -0.3 is 9.52 Å². The van der Waals surface area contributed by atoms with E-state index < -0.39 is 5.63 Å². The molecule has 1 aromatic heterocycles. The minimum absolute atomic E-state index is 0.0185. The van der Waals surface area contributed by atoms with E-state index >= 15 is 0 Å². The molecule has 2 rings (SSSR count). The lowest BCUT2D eigenvalue weighted by atomic mass is 10.1. The highest BCUT2D eigenvalue weighted by Crippen LogP contribution is 2.23. The first-order valence-electron chi connectivity index (χ1n) is 4.48. The van der Waals surface area contributed by atoms with E-state index in [1.807, 2.05) is 0 Å². The number of para-hydroxylation sites is 1. The number of Topliss-reactive ketones (excluding diaryl/α,β-unsaturated/α-hetero) is 1. The van der Waals surface area contributed by atoms with Crippen molar-refractivity contribution in [2.45, 2.75) is 0 Å². The third-order valence-corrected chi connectivity index (χ3v) is 2.67. The summed E-state index contributed by atoms with van der Waals surface area (Å²) in [5, 5.41) is 10.0. The van der Waals surface area contributed by atoms with Gasteiger partial charge in [-0.1, -0.05) is 28.1 Å². The van der Waals surface area contributed by atoms with E-state index in [0.29, 0.717) is 5.39 Å².